The summed E-state index contributed by atoms with van der Waals surface area (Å²) in [5.41, 5.74) is 0.172. The fourth-order valence-electron chi connectivity index (χ4n) is 1.64. The van der Waals surface area contributed by atoms with Crippen molar-refractivity contribution < 1.29 is 14.8 Å². The van der Waals surface area contributed by atoms with Gasteiger partial charge in [-0.15, -0.1) is 11.6 Å². The maximum atomic E-state index is 10.9. The van der Waals surface area contributed by atoms with Crippen molar-refractivity contribution in [2.24, 2.45) is 0 Å². The Morgan fingerprint density at radius 3 is 2.95 bits per heavy atom. The Kier molecular flexibility index (Phi) is 4.13. The highest BCUT2D eigenvalue weighted by atomic mass is 35.5. The number of aromatic nitrogens is 1. The monoisotopic (exact) mass is 282 g/mol. The number of hydrogen-bond donors (Lipinski definition) is 1. The van der Waals surface area contributed by atoms with Gasteiger partial charge in [0.05, 0.1) is 10.8 Å². The Hall–Kier alpha value is -1.92. The van der Waals surface area contributed by atoms with Crippen molar-refractivity contribution in [2.45, 2.75) is 6.10 Å². The lowest BCUT2D eigenvalue weighted by Crippen LogP contribution is -2.18. The van der Waals surface area contributed by atoms with Gasteiger partial charge in [-0.3, -0.25) is 10.1 Å². The molecule has 100 valence electrons. The summed E-state index contributed by atoms with van der Waals surface area (Å²) in [6, 6.07) is 6.16. The molecule has 0 bridgehead atoms. The Balaban J connectivity index is 2.41. The Morgan fingerprint density at radius 2 is 2.26 bits per heavy atom. The predicted octanol–water partition coefficient (Wildman–Crippen LogP) is 2.12. The van der Waals surface area contributed by atoms with Crippen LogP contribution in [0.4, 0.5) is 5.69 Å². The highest BCUT2D eigenvalue weighted by Gasteiger charge is 2.16. The van der Waals surface area contributed by atoms with Crippen LogP contribution in [0.3, 0.4) is 0 Å². The molecule has 1 unspecified atom stereocenters. The molecule has 0 spiro atoms. The second-order valence-corrected chi connectivity index (χ2v) is 4.17. The number of aliphatic hydroxyl groups excluding tert-OH is 1. The van der Waals surface area contributed by atoms with E-state index in [1.807, 2.05) is 0 Å². The number of nitro benzene ring substituents is 1. The number of alkyl halides is 1. The average Bonchev–Trinajstić information content (AvgIpc) is 2.43. The molecule has 0 fully saturated rings. The molecule has 7 heteroatoms. The SMILES string of the molecule is O=[N+]([O-])c1ccc(OCC(O)CCl)c2cccnc12. The second-order valence-electron chi connectivity index (χ2n) is 3.86. The topological polar surface area (TPSA) is 85.5 Å². The molecular weight excluding hydrogens is 272 g/mol. The number of nitro groups is 1. The van der Waals surface area contributed by atoms with E-state index in [9.17, 15) is 15.2 Å². The molecule has 0 radical (unpaired) electrons. The second kappa shape index (κ2) is 5.81. The normalized spacial score (nSPS) is 12.3. The van der Waals surface area contributed by atoms with Crippen LogP contribution in [0.5, 0.6) is 5.75 Å². The number of ether oxygens (including phenoxy) is 1. The van der Waals surface area contributed by atoms with Crippen LogP contribution in [-0.2, 0) is 0 Å². The summed E-state index contributed by atoms with van der Waals surface area (Å²) < 4.78 is 5.41. The van der Waals surface area contributed by atoms with E-state index < -0.39 is 11.0 Å². The molecule has 0 saturated heterocycles. The minimum Gasteiger partial charge on any atom is -0.490 e. The molecule has 0 aliphatic carbocycles. The van der Waals surface area contributed by atoms with Crippen LogP contribution in [0.1, 0.15) is 0 Å². The highest BCUT2D eigenvalue weighted by Crippen LogP contribution is 2.31. The molecule has 6 nitrogen and oxygen atoms in total. The highest BCUT2D eigenvalue weighted by molar-refractivity contribution is 6.18. The van der Waals surface area contributed by atoms with Crippen LogP contribution in [0, 0.1) is 10.1 Å². The average molecular weight is 283 g/mol. The molecule has 1 aromatic carbocycles. The summed E-state index contributed by atoms with van der Waals surface area (Å²) >= 11 is 5.47. The number of nitrogens with zero attached hydrogens (tertiary/aromatic N) is 2. The van der Waals surface area contributed by atoms with Crippen molar-refractivity contribution in [3.63, 3.8) is 0 Å². The summed E-state index contributed by atoms with van der Waals surface area (Å²) in [5, 5.41) is 20.8. The van der Waals surface area contributed by atoms with Crippen LogP contribution in [0.15, 0.2) is 30.5 Å². The molecule has 0 saturated carbocycles. The molecule has 19 heavy (non-hydrogen) atoms. The van der Waals surface area contributed by atoms with Gasteiger partial charge in [-0.1, -0.05) is 0 Å². The van der Waals surface area contributed by atoms with E-state index in [1.54, 1.807) is 12.1 Å². The first-order chi connectivity index (χ1) is 9.13. The summed E-state index contributed by atoms with van der Waals surface area (Å²) in [6.45, 7) is 0.0192. The molecular formula is C12H11ClN2O4. The smallest absolute Gasteiger partial charge is 0.295 e. The van der Waals surface area contributed by atoms with Crippen LogP contribution in [0.25, 0.3) is 10.9 Å². The predicted molar refractivity (Wildman–Crippen MR) is 70.6 cm³/mol. The number of benzene rings is 1. The number of halogens is 1. The van der Waals surface area contributed by atoms with Gasteiger partial charge in [0.15, 0.2) is 5.52 Å². The molecule has 2 rings (SSSR count). The van der Waals surface area contributed by atoms with Crippen molar-refractivity contribution in [1.82, 2.24) is 4.98 Å². The number of hydrogen-bond acceptors (Lipinski definition) is 5. The lowest BCUT2D eigenvalue weighted by molar-refractivity contribution is -0.383. The van der Waals surface area contributed by atoms with Crippen LogP contribution < -0.4 is 4.74 Å². The maximum absolute atomic E-state index is 10.9. The van der Waals surface area contributed by atoms with Crippen molar-refractivity contribution in [3.8, 4) is 5.75 Å². The van der Waals surface area contributed by atoms with Crippen LogP contribution >= 0.6 is 11.6 Å². The number of non-ortho nitro benzene ring substituents is 1. The van der Waals surface area contributed by atoms with Gasteiger partial charge in [0.2, 0.25) is 0 Å². The van der Waals surface area contributed by atoms with Gasteiger partial charge >= 0.3 is 0 Å². The van der Waals surface area contributed by atoms with Crippen molar-refractivity contribution >= 4 is 28.2 Å². The number of rotatable bonds is 5. The molecule has 1 aromatic heterocycles. The molecule has 1 heterocycles. The lowest BCUT2D eigenvalue weighted by Gasteiger charge is -2.11. The molecule has 1 atom stereocenters. The third-order valence-electron chi connectivity index (χ3n) is 2.51. The lowest BCUT2D eigenvalue weighted by atomic mass is 10.1. The van der Waals surface area contributed by atoms with Gasteiger partial charge in [0, 0.05) is 17.6 Å². The van der Waals surface area contributed by atoms with Crippen molar-refractivity contribution in [2.75, 3.05) is 12.5 Å². The molecule has 1 N–H and O–H groups in total. The Morgan fingerprint density at radius 1 is 1.47 bits per heavy atom. The number of fused-ring (bicyclic) bond motifs is 1. The summed E-state index contributed by atoms with van der Waals surface area (Å²) in [4.78, 5) is 14.4. The van der Waals surface area contributed by atoms with E-state index in [0.29, 0.717) is 11.1 Å². The van der Waals surface area contributed by atoms with E-state index in [4.69, 9.17) is 16.3 Å². The van der Waals surface area contributed by atoms with Gasteiger partial charge in [0.1, 0.15) is 18.5 Å². The standard InChI is InChI=1S/C12H11ClN2O4/c13-6-8(16)7-19-11-4-3-10(15(17)18)12-9(11)2-1-5-14-12/h1-5,8,16H,6-7H2. The third-order valence-corrected chi connectivity index (χ3v) is 2.87. The summed E-state index contributed by atoms with van der Waals surface area (Å²) in [7, 11) is 0. The van der Waals surface area contributed by atoms with Gasteiger partial charge < -0.3 is 9.84 Å². The quantitative estimate of drug-likeness (QED) is 0.516. The summed E-state index contributed by atoms with van der Waals surface area (Å²) in [5.74, 6) is 0.487. The Bertz CT molecular complexity index is 605. The maximum Gasteiger partial charge on any atom is 0.295 e. The van der Waals surface area contributed by atoms with Crippen LogP contribution in [-0.4, -0.2) is 33.6 Å². The first-order valence-corrected chi connectivity index (χ1v) is 6.06. The fourth-order valence-corrected chi connectivity index (χ4v) is 1.72. The first-order valence-electron chi connectivity index (χ1n) is 5.52. The zero-order valence-electron chi connectivity index (χ0n) is 9.82. The molecule has 0 aliphatic rings. The number of pyridine rings is 1. The molecule has 0 aliphatic heterocycles. The zero-order valence-corrected chi connectivity index (χ0v) is 10.6. The van der Waals surface area contributed by atoms with E-state index in [1.165, 1.54) is 18.3 Å². The zero-order chi connectivity index (χ0) is 13.8. The Labute approximate surface area is 113 Å². The number of aliphatic hydroxyl groups is 1. The van der Waals surface area contributed by atoms with E-state index in [-0.39, 0.29) is 23.7 Å². The first kappa shape index (κ1) is 13.5. The summed E-state index contributed by atoms with van der Waals surface area (Å²) in [6.07, 6.45) is 0.691. The van der Waals surface area contributed by atoms with E-state index in [2.05, 4.69) is 4.98 Å². The van der Waals surface area contributed by atoms with Gasteiger partial charge in [-0.05, 0) is 18.2 Å². The molecule has 2 aromatic rings. The van der Waals surface area contributed by atoms with E-state index in [0.717, 1.165) is 0 Å². The van der Waals surface area contributed by atoms with E-state index >= 15 is 0 Å². The van der Waals surface area contributed by atoms with Crippen molar-refractivity contribution in [1.29, 1.82) is 0 Å². The van der Waals surface area contributed by atoms with Crippen molar-refractivity contribution in [3.05, 3.63) is 40.6 Å². The van der Waals surface area contributed by atoms with Gasteiger partial charge in [-0.2, -0.15) is 0 Å². The minimum absolute atomic E-state index is 0.0192. The molecule has 0 amide bonds. The third kappa shape index (κ3) is 2.91. The van der Waals surface area contributed by atoms with Crippen LogP contribution in [0.2, 0.25) is 0 Å². The fraction of sp³-hybridized carbons (Fsp3) is 0.250. The van der Waals surface area contributed by atoms with Gasteiger partial charge in [0.25, 0.3) is 5.69 Å². The minimum atomic E-state index is -0.788. The largest absolute Gasteiger partial charge is 0.490 e. The van der Waals surface area contributed by atoms with Gasteiger partial charge in [-0.25, -0.2) is 4.98 Å².